The van der Waals surface area contributed by atoms with Crippen LogP contribution in [0.2, 0.25) is 0 Å². The molecule has 0 fully saturated rings. The number of aryl methyl sites for hydroxylation is 1. The van der Waals surface area contributed by atoms with Gasteiger partial charge in [-0.3, -0.25) is 9.89 Å². The van der Waals surface area contributed by atoms with Crippen LogP contribution in [-0.4, -0.2) is 31.1 Å². The number of hydrogen-bond acceptors (Lipinski definition) is 4. The van der Waals surface area contributed by atoms with Crippen LogP contribution in [0, 0.1) is 6.92 Å². The summed E-state index contributed by atoms with van der Waals surface area (Å²) in [6, 6.07) is 4.00. The van der Waals surface area contributed by atoms with E-state index in [-0.39, 0.29) is 0 Å². The Labute approximate surface area is 124 Å². The minimum Gasteiger partial charge on any atom is -0.366 e. The lowest BCUT2D eigenvalue weighted by Crippen LogP contribution is -2.10. The van der Waals surface area contributed by atoms with Crippen LogP contribution in [0.1, 0.15) is 15.9 Å². The van der Waals surface area contributed by atoms with Crippen LogP contribution in [0.3, 0.4) is 0 Å². The first-order valence-corrected chi connectivity index (χ1v) is 6.71. The van der Waals surface area contributed by atoms with Gasteiger partial charge >= 0.3 is 0 Å². The zero-order valence-electron chi connectivity index (χ0n) is 11.7. The molecule has 7 heteroatoms. The molecule has 0 aliphatic heterocycles. The van der Waals surface area contributed by atoms with Crippen molar-refractivity contribution < 1.29 is 4.79 Å². The Morgan fingerprint density at radius 2 is 2.14 bits per heavy atom. The molecule has 1 aromatic carbocycles. The summed E-state index contributed by atoms with van der Waals surface area (Å²) in [7, 11) is 0. The number of nitrogens with zero attached hydrogens (tertiary/aromatic N) is 3. The molecule has 0 saturated heterocycles. The number of nitrogens with one attached hydrogen (secondary N) is 2. The van der Waals surface area contributed by atoms with E-state index in [2.05, 4.69) is 25.1 Å². The van der Waals surface area contributed by atoms with Crippen molar-refractivity contribution in [2.45, 2.75) is 6.92 Å². The third kappa shape index (κ3) is 1.76. The van der Waals surface area contributed by atoms with Crippen LogP contribution >= 0.6 is 0 Å². The second-order valence-electron chi connectivity index (χ2n) is 5.15. The summed E-state index contributed by atoms with van der Waals surface area (Å²) in [5, 5.41) is 8.58. The first-order chi connectivity index (χ1) is 10.6. The average molecular weight is 292 g/mol. The van der Waals surface area contributed by atoms with Crippen molar-refractivity contribution in [1.82, 2.24) is 25.1 Å². The fourth-order valence-corrected chi connectivity index (χ4v) is 2.58. The molecule has 0 unspecified atom stereocenters. The van der Waals surface area contributed by atoms with Crippen LogP contribution in [0.25, 0.3) is 33.3 Å². The lowest BCUT2D eigenvalue weighted by molar-refractivity contribution is 0.100. The summed E-state index contributed by atoms with van der Waals surface area (Å²) in [6.45, 7) is 1.99. The first-order valence-electron chi connectivity index (χ1n) is 6.71. The van der Waals surface area contributed by atoms with Gasteiger partial charge in [-0.05, 0) is 24.6 Å². The summed E-state index contributed by atoms with van der Waals surface area (Å²) in [5.74, 6) is 0.0876. The zero-order chi connectivity index (χ0) is 15.3. The van der Waals surface area contributed by atoms with Crippen molar-refractivity contribution in [3.05, 3.63) is 41.9 Å². The Kier molecular flexibility index (Phi) is 2.50. The number of amides is 1. The molecule has 4 N–H and O–H groups in total. The van der Waals surface area contributed by atoms with E-state index in [9.17, 15) is 4.79 Å². The Morgan fingerprint density at radius 3 is 2.95 bits per heavy atom. The van der Waals surface area contributed by atoms with Crippen LogP contribution in [0.4, 0.5) is 0 Å². The molecule has 0 aliphatic carbocycles. The standard InChI is InChI=1S/C15H12N6O/c1-7-2-12-8(4-19-21-12)3-9(7)14-18-6-11-10(13(16)22)5-17-15(11)20-14/h2-6H,1H3,(H2,16,22)(H,19,21)(H,17,18,20). The van der Waals surface area contributed by atoms with Crippen molar-refractivity contribution in [1.29, 1.82) is 0 Å². The number of benzene rings is 1. The van der Waals surface area contributed by atoms with Crippen molar-refractivity contribution in [2.24, 2.45) is 5.73 Å². The Morgan fingerprint density at radius 1 is 1.27 bits per heavy atom. The molecule has 22 heavy (non-hydrogen) atoms. The van der Waals surface area contributed by atoms with E-state index >= 15 is 0 Å². The highest BCUT2D eigenvalue weighted by Gasteiger charge is 2.13. The molecule has 7 nitrogen and oxygen atoms in total. The van der Waals surface area contributed by atoms with Crippen molar-refractivity contribution in [3.63, 3.8) is 0 Å². The fraction of sp³-hybridized carbons (Fsp3) is 0.0667. The number of H-pyrrole nitrogens is 2. The lowest BCUT2D eigenvalue weighted by atomic mass is 10.1. The van der Waals surface area contributed by atoms with Gasteiger partial charge in [-0.15, -0.1) is 0 Å². The van der Waals surface area contributed by atoms with Gasteiger partial charge in [0.15, 0.2) is 5.82 Å². The molecule has 0 bridgehead atoms. The number of nitrogens with two attached hydrogens (primary N) is 1. The summed E-state index contributed by atoms with van der Waals surface area (Å²) < 4.78 is 0. The average Bonchev–Trinajstić information content (AvgIpc) is 3.11. The molecule has 1 amide bonds. The molecule has 108 valence electrons. The quantitative estimate of drug-likeness (QED) is 0.523. The highest BCUT2D eigenvalue weighted by molar-refractivity contribution is 6.05. The summed E-state index contributed by atoms with van der Waals surface area (Å²) in [5.41, 5.74) is 9.24. The number of fused-ring (bicyclic) bond motifs is 2. The Balaban J connectivity index is 1.92. The lowest BCUT2D eigenvalue weighted by Gasteiger charge is -2.05. The minimum absolute atomic E-state index is 0.392. The normalized spacial score (nSPS) is 11.3. The summed E-state index contributed by atoms with van der Waals surface area (Å²) in [4.78, 5) is 23.2. The first kappa shape index (κ1) is 12.5. The van der Waals surface area contributed by atoms with Gasteiger partial charge in [0.05, 0.1) is 17.3 Å². The monoisotopic (exact) mass is 292 g/mol. The number of hydrogen-bond donors (Lipinski definition) is 3. The third-order valence-corrected chi connectivity index (χ3v) is 3.72. The molecular weight excluding hydrogens is 280 g/mol. The minimum atomic E-state index is -0.501. The topological polar surface area (TPSA) is 113 Å². The third-order valence-electron chi connectivity index (χ3n) is 3.72. The van der Waals surface area contributed by atoms with Gasteiger partial charge in [0.25, 0.3) is 5.91 Å². The molecule has 3 heterocycles. The van der Waals surface area contributed by atoms with Crippen molar-refractivity contribution >= 4 is 27.8 Å². The second-order valence-corrected chi connectivity index (χ2v) is 5.15. The molecule has 4 aromatic rings. The maximum atomic E-state index is 11.3. The molecule has 0 aliphatic rings. The highest BCUT2D eigenvalue weighted by Crippen LogP contribution is 2.26. The van der Waals surface area contributed by atoms with Crippen molar-refractivity contribution in [3.8, 4) is 11.4 Å². The Hall–Kier alpha value is -3.22. The van der Waals surface area contributed by atoms with Gasteiger partial charge < -0.3 is 10.7 Å². The molecule has 0 saturated carbocycles. The van der Waals surface area contributed by atoms with Crippen LogP contribution in [0.15, 0.2) is 30.7 Å². The summed E-state index contributed by atoms with van der Waals surface area (Å²) in [6.07, 6.45) is 4.93. The largest absolute Gasteiger partial charge is 0.366 e. The van der Waals surface area contributed by atoms with E-state index in [1.165, 1.54) is 0 Å². The van der Waals surface area contributed by atoms with Gasteiger partial charge in [-0.1, -0.05) is 0 Å². The van der Waals surface area contributed by atoms with Crippen LogP contribution in [0.5, 0.6) is 0 Å². The number of primary amides is 1. The number of aromatic nitrogens is 5. The van der Waals surface area contributed by atoms with E-state index in [0.29, 0.717) is 22.4 Å². The molecule has 4 rings (SSSR count). The molecule has 0 radical (unpaired) electrons. The Bertz CT molecular complexity index is 1030. The van der Waals surface area contributed by atoms with Gasteiger partial charge in [0.1, 0.15) is 5.65 Å². The summed E-state index contributed by atoms with van der Waals surface area (Å²) >= 11 is 0. The van der Waals surface area contributed by atoms with Crippen LogP contribution in [-0.2, 0) is 0 Å². The number of rotatable bonds is 2. The van der Waals surface area contributed by atoms with E-state index < -0.39 is 5.91 Å². The zero-order valence-corrected chi connectivity index (χ0v) is 11.7. The van der Waals surface area contributed by atoms with E-state index in [1.54, 1.807) is 18.6 Å². The SMILES string of the molecule is Cc1cc2[nH]ncc2cc1-c1ncc2c(C(N)=O)c[nH]c2n1. The smallest absolute Gasteiger partial charge is 0.250 e. The predicted molar refractivity (Wildman–Crippen MR) is 82.2 cm³/mol. The van der Waals surface area contributed by atoms with E-state index in [0.717, 1.165) is 22.0 Å². The van der Waals surface area contributed by atoms with Gasteiger partial charge in [-0.2, -0.15) is 5.10 Å². The number of carbonyl (C=O) groups excluding carboxylic acids is 1. The van der Waals surface area contributed by atoms with Gasteiger partial charge in [-0.25, -0.2) is 9.97 Å². The van der Waals surface area contributed by atoms with Gasteiger partial charge in [0, 0.05) is 28.7 Å². The molecule has 3 aromatic heterocycles. The van der Waals surface area contributed by atoms with E-state index in [1.807, 2.05) is 19.1 Å². The number of aromatic amines is 2. The van der Waals surface area contributed by atoms with Crippen LogP contribution < -0.4 is 5.73 Å². The van der Waals surface area contributed by atoms with E-state index in [4.69, 9.17) is 5.73 Å². The molecular formula is C15H12N6O. The maximum absolute atomic E-state index is 11.3. The predicted octanol–water partition coefficient (Wildman–Crippen LogP) is 1.91. The second kappa shape index (κ2) is 4.39. The molecule has 0 spiro atoms. The fourth-order valence-electron chi connectivity index (χ4n) is 2.58. The van der Waals surface area contributed by atoms with Crippen molar-refractivity contribution in [2.75, 3.05) is 0 Å². The van der Waals surface area contributed by atoms with Gasteiger partial charge in [0.2, 0.25) is 0 Å². The highest BCUT2D eigenvalue weighted by atomic mass is 16.1. The number of carbonyl (C=O) groups is 1. The maximum Gasteiger partial charge on any atom is 0.250 e. The molecule has 0 atom stereocenters.